The van der Waals surface area contributed by atoms with Crippen LogP contribution in [0.5, 0.6) is 0 Å². The van der Waals surface area contributed by atoms with Crippen LogP contribution in [-0.4, -0.2) is 6.54 Å². The summed E-state index contributed by atoms with van der Waals surface area (Å²) in [6, 6.07) is 6.52. The van der Waals surface area contributed by atoms with Gasteiger partial charge in [0.25, 0.3) is 0 Å². The molecule has 1 aliphatic rings. The highest BCUT2D eigenvalue weighted by Gasteiger charge is 2.22. The van der Waals surface area contributed by atoms with Gasteiger partial charge in [-0.1, -0.05) is 6.07 Å². The average molecular weight is 283 g/mol. The molecule has 1 aromatic rings. The van der Waals surface area contributed by atoms with Crippen molar-refractivity contribution >= 4 is 15.9 Å². The van der Waals surface area contributed by atoms with Gasteiger partial charge in [0.1, 0.15) is 11.9 Å². The van der Waals surface area contributed by atoms with Crippen molar-refractivity contribution in [3.8, 4) is 6.07 Å². The van der Waals surface area contributed by atoms with E-state index in [1.807, 2.05) is 0 Å². The maximum absolute atomic E-state index is 13.0. The first kappa shape index (κ1) is 11.6. The fourth-order valence-electron chi connectivity index (χ4n) is 1.54. The molecule has 1 N–H and O–H groups in total. The third kappa shape index (κ3) is 2.81. The first-order valence-corrected chi connectivity index (χ1v) is 6.08. The topological polar surface area (TPSA) is 35.8 Å². The number of nitrogens with zero attached hydrogens (tertiary/aromatic N) is 1. The van der Waals surface area contributed by atoms with Crippen LogP contribution >= 0.6 is 15.9 Å². The second-order valence-electron chi connectivity index (χ2n) is 4.09. The monoisotopic (exact) mass is 282 g/mol. The molecule has 2 nitrogen and oxygen atoms in total. The van der Waals surface area contributed by atoms with Gasteiger partial charge in [-0.25, -0.2) is 4.39 Å². The van der Waals surface area contributed by atoms with E-state index in [1.165, 1.54) is 18.9 Å². The molecular formula is C12H12BrFN2. The van der Waals surface area contributed by atoms with Crippen molar-refractivity contribution in [1.82, 2.24) is 5.32 Å². The summed E-state index contributed by atoms with van der Waals surface area (Å²) in [5.41, 5.74) is 0.802. The van der Waals surface area contributed by atoms with Gasteiger partial charge >= 0.3 is 0 Å². The third-order valence-corrected chi connectivity index (χ3v) is 3.32. The van der Waals surface area contributed by atoms with Gasteiger partial charge in [-0.3, -0.25) is 5.32 Å². The normalized spacial score (nSPS) is 16.8. The molecule has 16 heavy (non-hydrogen) atoms. The van der Waals surface area contributed by atoms with Gasteiger partial charge < -0.3 is 0 Å². The molecule has 0 amide bonds. The molecule has 1 aromatic carbocycles. The fraction of sp³-hybridized carbons (Fsp3) is 0.417. The van der Waals surface area contributed by atoms with Crippen molar-refractivity contribution in [3.63, 3.8) is 0 Å². The smallest absolute Gasteiger partial charge is 0.137 e. The minimum absolute atomic E-state index is 0.303. The summed E-state index contributed by atoms with van der Waals surface area (Å²) >= 11 is 3.12. The second kappa shape index (κ2) is 4.94. The van der Waals surface area contributed by atoms with Gasteiger partial charge in [-0.05, 0) is 58.9 Å². The highest BCUT2D eigenvalue weighted by Crippen LogP contribution is 2.29. The van der Waals surface area contributed by atoms with E-state index in [-0.39, 0.29) is 11.9 Å². The third-order valence-electron chi connectivity index (χ3n) is 2.71. The predicted molar refractivity (Wildman–Crippen MR) is 63.2 cm³/mol. The SMILES string of the molecule is N#CC(NCC1CC1)c1ccc(F)c(Br)c1. The van der Waals surface area contributed by atoms with Gasteiger partial charge in [-0.15, -0.1) is 0 Å². The van der Waals surface area contributed by atoms with Crippen LogP contribution in [0.25, 0.3) is 0 Å². The molecule has 0 bridgehead atoms. The van der Waals surface area contributed by atoms with E-state index < -0.39 is 0 Å². The van der Waals surface area contributed by atoms with Crippen molar-refractivity contribution in [3.05, 3.63) is 34.1 Å². The fourth-order valence-corrected chi connectivity index (χ4v) is 1.93. The molecule has 1 saturated carbocycles. The van der Waals surface area contributed by atoms with E-state index in [4.69, 9.17) is 5.26 Å². The Morgan fingerprint density at radius 3 is 2.88 bits per heavy atom. The zero-order valence-corrected chi connectivity index (χ0v) is 10.3. The number of benzene rings is 1. The molecule has 1 atom stereocenters. The van der Waals surface area contributed by atoms with Crippen molar-refractivity contribution in [2.45, 2.75) is 18.9 Å². The van der Waals surface area contributed by atoms with Crippen molar-refractivity contribution in [2.24, 2.45) is 5.92 Å². The van der Waals surface area contributed by atoms with Crippen molar-refractivity contribution in [1.29, 1.82) is 5.26 Å². The van der Waals surface area contributed by atoms with Crippen LogP contribution in [0.2, 0.25) is 0 Å². The van der Waals surface area contributed by atoms with Crippen molar-refractivity contribution in [2.75, 3.05) is 6.54 Å². The second-order valence-corrected chi connectivity index (χ2v) is 4.94. The molecule has 4 heteroatoms. The lowest BCUT2D eigenvalue weighted by molar-refractivity contribution is 0.587. The van der Waals surface area contributed by atoms with Gasteiger partial charge in [0, 0.05) is 0 Å². The zero-order valence-electron chi connectivity index (χ0n) is 8.71. The predicted octanol–water partition coefficient (Wildman–Crippen LogP) is 3.15. The van der Waals surface area contributed by atoms with Gasteiger partial charge in [0.2, 0.25) is 0 Å². The van der Waals surface area contributed by atoms with Crippen molar-refractivity contribution < 1.29 is 4.39 Å². The summed E-state index contributed by atoms with van der Waals surface area (Å²) in [4.78, 5) is 0. The zero-order chi connectivity index (χ0) is 11.5. The number of hydrogen-bond donors (Lipinski definition) is 1. The summed E-state index contributed by atoms with van der Waals surface area (Å²) in [7, 11) is 0. The molecule has 0 aromatic heterocycles. The lowest BCUT2D eigenvalue weighted by Crippen LogP contribution is -2.22. The summed E-state index contributed by atoms with van der Waals surface area (Å²) < 4.78 is 13.4. The summed E-state index contributed by atoms with van der Waals surface area (Å²) in [6.45, 7) is 0.868. The molecule has 0 saturated heterocycles. The molecule has 0 aliphatic heterocycles. The van der Waals surface area contributed by atoms with Crippen LogP contribution in [0.4, 0.5) is 4.39 Å². The molecular weight excluding hydrogens is 271 g/mol. The Bertz CT molecular complexity index is 424. The standard InChI is InChI=1S/C12H12BrFN2/c13-10-5-9(3-4-11(10)14)12(6-15)16-7-8-1-2-8/h3-5,8,12,16H,1-2,7H2. The summed E-state index contributed by atoms with van der Waals surface area (Å²) in [6.07, 6.45) is 2.50. The van der Waals surface area contributed by atoms with Crippen LogP contribution in [0.15, 0.2) is 22.7 Å². The minimum atomic E-state index is -0.350. The van der Waals surface area contributed by atoms with Crippen LogP contribution in [0.1, 0.15) is 24.4 Å². The molecule has 1 fully saturated rings. The average Bonchev–Trinajstić information content (AvgIpc) is 3.08. The maximum Gasteiger partial charge on any atom is 0.137 e. The number of nitrogens with one attached hydrogen (secondary N) is 1. The molecule has 0 radical (unpaired) electrons. The molecule has 2 rings (SSSR count). The lowest BCUT2D eigenvalue weighted by Gasteiger charge is -2.11. The van der Waals surface area contributed by atoms with Gasteiger partial charge in [0.15, 0.2) is 0 Å². The van der Waals surface area contributed by atoms with E-state index in [1.54, 1.807) is 12.1 Å². The highest BCUT2D eigenvalue weighted by molar-refractivity contribution is 9.10. The first-order valence-electron chi connectivity index (χ1n) is 5.28. The molecule has 1 unspecified atom stereocenters. The minimum Gasteiger partial charge on any atom is -0.298 e. The van der Waals surface area contributed by atoms with Crippen LogP contribution < -0.4 is 5.32 Å². The van der Waals surface area contributed by atoms with Crippen LogP contribution in [-0.2, 0) is 0 Å². The van der Waals surface area contributed by atoms with Gasteiger partial charge in [0.05, 0.1) is 10.5 Å². The largest absolute Gasteiger partial charge is 0.298 e. The molecule has 1 aliphatic carbocycles. The Morgan fingerprint density at radius 1 is 1.56 bits per heavy atom. The van der Waals surface area contributed by atoms with E-state index in [9.17, 15) is 4.39 Å². The Morgan fingerprint density at radius 2 is 2.31 bits per heavy atom. The number of halogens is 2. The van der Waals surface area contributed by atoms with E-state index in [2.05, 4.69) is 27.3 Å². The van der Waals surface area contributed by atoms with Crippen LogP contribution in [0.3, 0.4) is 0 Å². The Kier molecular flexibility index (Phi) is 3.57. The Hall–Kier alpha value is -0.920. The number of nitriles is 1. The summed E-state index contributed by atoms with van der Waals surface area (Å²) in [5.74, 6) is 0.419. The summed E-state index contributed by atoms with van der Waals surface area (Å²) in [5, 5.41) is 12.2. The van der Waals surface area contributed by atoms with Gasteiger partial charge in [-0.2, -0.15) is 5.26 Å². The highest BCUT2D eigenvalue weighted by atomic mass is 79.9. The van der Waals surface area contributed by atoms with E-state index in [0.717, 1.165) is 18.0 Å². The van der Waals surface area contributed by atoms with Crippen LogP contribution in [0, 0.1) is 23.1 Å². The number of hydrogen-bond acceptors (Lipinski definition) is 2. The Labute approximate surface area is 103 Å². The first-order chi connectivity index (χ1) is 7.70. The van der Waals surface area contributed by atoms with E-state index in [0.29, 0.717) is 4.47 Å². The molecule has 0 spiro atoms. The Balaban J connectivity index is 2.06. The quantitative estimate of drug-likeness (QED) is 0.921. The molecule has 0 heterocycles. The lowest BCUT2D eigenvalue weighted by atomic mass is 10.1. The maximum atomic E-state index is 13.0. The van der Waals surface area contributed by atoms with E-state index >= 15 is 0 Å². The molecule has 84 valence electrons. The number of rotatable bonds is 4.